The normalized spacial score (nSPS) is 20.2. The largest absolute Gasteiger partial charge is 0.475 e. The Bertz CT molecular complexity index is 687. The topological polar surface area (TPSA) is 79.5 Å². The summed E-state index contributed by atoms with van der Waals surface area (Å²) in [5.41, 5.74) is 1.25. The highest BCUT2D eigenvalue weighted by Gasteiger charge is 2.45. The highest BCUT2D eigenvalue weighted by atomic mass is 32.1. The molecule has 2 aromatic rings. The van der Waals surface area contributed by atoms with E-state index in [9.17, 15) is 9.59 Å². The van der Waals surface area contributed by atoms with Gasteiger partial charge in [0.1, 0.15) is 5.76 Å². The van der Waals surface area contributed by atoms with E-state index in [1.165, 1.54) is 16.5 Å². The van der Waals surface area contributed by atoms with Gasteiger partial charge in [-0.3, -0.25) is 4.79 Å². The number of rotatable bonds is 5. The van der Waals surface area contributed by atoms with Crippen LogP contribution in [0.3, 0.4) is 0 Å². The lowest BCUT2D eigenvalue weighted by atomic mass is 10.2. The molecule has 2 unspecified atom stereocenters. The molecular weight excluding hydrogens is 290 g/mol. The molecule has 110 valence electrons. The number of aryl methyl sites for hydroxylation is 1. The van der Waals surface area contributed by atoms with Crippen LogP contribution in [0.4, 0.5) is 0 Å². The Balaban J connectivity index is 1.53. The van der Waals surface area contributed by atoms with E-state index in [-0.39, 0.29) is 24.1 Å². The summed E-state index contributed by atoms with van der Waals surface area (Å²) in [4.78, 5) is 24.1. The second-order valence-corrected chi connectivity index (χ2v) is 6.15. The van der Waals surface area contributed by atoms with Crippen molar-refractivity contribution in [1.82, 2.24) is 5.32 Å². The first-order valence-corrected chi connectivity index (χ1v) is 7.58. The molecular formula is C15H15NO4S. The van der Waals surface area contributed by atoms with Crippen molar-refractivity contribution in [2.45, 2.75) is 25.8 Å². The van der Waals surface area contributed by atoms with Gasteiger partial charge >= 0.3 is 5.97 Å². The molecule has 6 heteroatoms. The van der Waals surface area contributed by atoms with Crippen LogP contribution in [0.5, 0.6) is 0 Å². The zero-order valence-corrected chi connectivity index (χ0v) is 12.3. The predicted molar refractivity (Wildman–Crippen MR) is 77.4 cm³/mol. The van der Waals surface area contributed by atoms with Crippen LogP contribution >= 0.6 is 11.3 Å². The van der Waals surface area contributed by atoms with E-state index in [0.717, 1.165) is 6.42 Å². The zero-order chi connectivity index (χ0) is 15.0. The summed E-state index contributed by atoms with van der Waals surface area (Å²) in [6.07, 6.45) is 0.881. The standard InChI is InChI=1S/C15H15NO4S/c1-8-4-5-21-13(8)10-6-11(10)14(17)16-7-9-2-3-12(20-9)15(18)19/h2-5,10-11H,6-7H2,1H3,(H,16,17)(H,18,19). The van der Waals surface area contributed by atoms with Crippen LogP contribution in [0, 0.1) is 12.8 Å². The second-order valence-electron chi connectivity index (χ2n) is 5.21. The molecule has 0 aromatic carbocycles. The summed E-state index contributed by atoms with van der Waals surface area (Å²) in [5, 5.41) is 13.6. The van der Waals surface area contributed by atoms with Crippen molar-refractivity contribution in [3.05, 3.63) is 45.5 Å². The number of carboxylic acids is 1. The van der Waals surface area contributed by atoms with Gasteiger partial charge in [0.25, 0.3) is 0 Å². The van der Waals surface area contributed by atoms with Crippen molar-refractivity contribution >= 4 is 23.2 Å². The fraction of sp³-hybridized carbons (Fsp3) is 0.333. The Morgan fingerprint density at radius 1 is 1.43 bits per heavy atom. The number of carboxylic acid groups (broad SMARTS) is 1. The number of hydrogen-bond donors (Lipinski definition) is 2. The quantitative estimate of drug-likeness (QED) is 0.890. The van der Waals surface area contributed by atoms with Crippen molar-refractivity contribution in [2.24, 2.45) is 5.92 Å². The van der Waals surface area contributed by atoms with Crippen LogP contribution in [0.2, 0.25) is 0 Å². The summed E-state index contributed by atoms with van der Waals surface area (Å²) in [6, 6.07) is 5.03. The van der Waals surface area contributed by atoms with Gasteiger partial charge in [0.05, 0.1) is 6.54 Å². The molecule has 1 amide bonds. The molecule has 1 saturated carbocycles. The SMILES string of the molecule is Cc1ccsc1C1CC1C(=O)NCc1ccc(C(=O)O)o1. The van der Waals surface area contributed by atoms with Crippen molar-refractivity contribution in [3.63, 3.8) is 0 Å². The molecule has 1 aliphatic rings. The average molecular weight is 305 g/mol. The van der Waals surface area contributed by atoms with Gasteiger partial charge in [0, 0.05) is 16.7 Å². The summed E-state index contributed by atoms with van der Waals surface area (Å²) in [5.74, 6) is -0.417. The number of aromatic carboxylic acids is 1. The highest BCUT2D eigenvalue weighted by Crippen LogP contribution is 2.50. The van der Waals surface area contributed by atoms with Crippen molar-refractivity contribution in [1.29, 1.82) is 0 Å². The average Bonchev–Trinajstić information content (AvgIpc) is 2.89. The molecule has 0 aliphatic heterocycles. The van der Waals surface area contributed by atoms with Crippen LogP contribution in [-0.4, -0.2) is 17.0 Å². The summed E-state index contributed by atoms with van der Waals surface area (Å²) >= 11 is 1.70. The molecule has 3 rings (SSSR count). The Kier molecular flexibility index (Phi) is 3.55. The van der Waals surface area contributed by atoms with Gasteiger partial charge in [-0.15, -0.1) is 11.3 Å². The summed E-state index contributed by atoms with van der Waals surface area (Å²) in [7, 11) is 0. The monoisotopic (exact) mass is 305 g/mol. The first kappa shape index (κ1) is 13.9. The number of thiophene rings is 1. The third kappa shape index (κ3) is 2.85. The van der Waals surface area contributed by atoms with E-state index < -0.39 is 5.97 Å². The van der Waals surface area contributed by atoms with Crippen LogP contribution in [0.25, 0.3) is 0 Å². The first-order chi connectivity index (χ1) is 10.1. The second kappa shape index (κ2) is 5.37. The zero-order valence-electron chi connectivity index (χ0n) is 11.5. The minimum Gasteiger partial charge on any atom is -0.475 e. The maximum Gasteiger partial charge on any atom is 0.371 e. The van der Waals surface area contributed by atoms with Crippen molar-refractivity contribution < 1.29 is 19.1 Å². The van der Waals surface area contributed by atoms with Gasteiger partial charge < -0.3 is 14.8 Å². The molecule has 2 N–H and O–H groups in total. The maximum absolute atomic E-state index is 12.1. The molecule has 2 aromatic heterocycles. The lowest BCUT2D eigenvalue weighted by Gasteiger charge is -2.02. The Hall–Kier alpha value is -2.08. The fourth-order valence-corrected chi connectivity index (χ4v) is 3.54. The number of amides is 1. The van der Waals surface area contributed by atoms with E-state index in [4.69, 9.17) is 9.52 Å². The van der Waals surface area contributed by atoms with Crippen molar-refractivity contribution in [3.8, 4) is 0 Å². The molecule has 1 fully saturated rings. The van der Waals surface area contributed by atoms with Crippen LogP contribution in [0.15, 0.2) is 28.0 Å². The van der Waals surface area contributed by atoms with Gasteiger partial charge in [0.2, 0.25) is 11.7 Å². The predicted octanol–water partition coefficient (Wildman–Crippen LogP) is 2.77. The fourth-order valence-electron chi connectivity index (χ4n) is 2.43. The van der Waals surface area contributed by atoms with E-state index >= 15 is 0 Å². The number of furan rings is 1. The van der Waals surface area contributed by atoms with E-state index in [1.807, 2.05) is 5.38 Å². The van der Waals surface area contributed by atoms with Crippen LogP contribution in [-0.2, 0) is 11.3 Å². The Morgan fingerprint density at radius 2 is 2.24 bits per heavy atom. The summed E-state index contributed by atoms with van der Waals surface area (Å²) < 4.78 is 5.10. The smallest absolute Gasteiger partial charge is 0.371 e. The van der Waals surface area contributed by atoms with Gasteiger partial charge in [-0.25, -0.2) is 4.79 Å². The van der Waals surface area contributed by atoms with E-state index in [0.29, 0.717) is 11.7 Å². The number of carbonyl (C=O) groups excluding carboxylic acids is 1. The molecule has 5 nitrogen and oxygen atoms in total. The molecule has 0 spiro atoms. The number of carbonyl (C=O) groups is 2. The third-order valence-electron chi connectivity index (χ3n) is 3.67. The molecule has 21 heavy (non-hydrogen) atoms. The minimum atomic E-state index is -1.11. The lowest BCUT2D eigenvalue weighted by Crippen LogP contribution is -2.24. The molecule has 0 saturated heterocycles. The highest BCUT2D eigenvalue weighted by molar-refractivity contribution is 7.10. The van der Waals surface area contributed by atoms with Crippen LogP contribution in [0.1, 0.15) is 39.1 Å². The molecule has 2 heterocycles. The first-order valence-electron chi connectivity index (χ1n) is 6.70. The van der Waals surface area contributed by atoms with Gasteiger partial charge in [0.15, 0.2) is 0 Å². The summed E-state index contributed by atoms with van der Waals surface area (Å²) in [6.45, 7) is 2.29. The van der Waals surface area contributed by atoms with E-state index in [1.54, 1.807) is 17.4 Å². The third-order valence-corrected chi connectivity index (χ3v) is 4.83. The molecule has 0 radical (unpaired) electrons. The lowest BCUT2D eigenvalue weighted by molar-refractivity contribution is -0.122. The number of hydrogen-bond acceptors (Lipinski definition) is 4. The molecule has 1 aliphatic carbocycles. The Morgan fingerprint density at radius 3 is 2.86 bits per heavy atom. The van der Waals surface area contributed by atoms with E-state index in [2.05, 4.69) is 18.3 Å². The van der Waals surface area contributed by atoms with Crippen molar-refractivity contribution in [2.75, 3.05) is 0 Å². The number of nitrogens with one attached hydrogen (secondary N) is 1. The van der Waals surface area contributed by atoms with Gasteiger partial charge in [-0.2, -0.15) is 0 Å². The maximum atomic E-state index is 12.1. The molecule has 0 bridgehead atoms. The Labute approximate surface area is 125 Å². The molecule has 2 atom stereocenters. The van der Waals surface area contributed by atoms with Gasteiger partial charge in [-0.05, 0) is 42.5 Å². The van der Waals surface area contributed by atoms with Crippen LogP contribution < -0.4 is 5.32 Å². The van der Waals surface area contributed by atoms with Gasteiger partial charge in [-0.1, -0.05) is 0 Å². The minimum absolute atomic E-state index is 0.000995.